The molecule has 0 aliphatic rings. The lowest BCUT2D eigenvalue weighted by Gasteiger charge is -2.02. The van der Waals surface area contributed by atoms with Gasteiger partial charge in [0.25, 0.3) is 0 Å². The van der Waals surface area contributed by atoms with Crippen LogP contribution in [0.15, 0.2) is 24.3 Å². The number of rotatable bonds is 1. The largest absolute Gasteiger partial charge is 0.325 e. The number of nitrogens with two attached hydrogens (primary N) is 1. The van der Waals surface area contributed by atoms with E-state index in [1.165, 1.54) is 12.1 Å². The maximum Gasteiger partial charge on any atom is 0.126 e. The average Bonchev–Trinajstić information content (AvgIpc) is 2.16. The van der Waals surface area contributed by atoms with Gasteiger partial charge in [-0.15, -0.1) is 0 Å². The highest BCUT2D eigenvalue weighted by Crippen LogP contribution is 2.23. The van der Waals surface area contributed by atoms with Crippen molar-refractivity contribution in [3.05, 3.63) is 40.8 Å². The van der Waals surface area contributed by atoms with Gasteiger partial charge < -0.3 is 5.73 Å². The van der Waals surface area contributed by atoms with Gasteiger partial charge in [0.05, 0.1) is 16.2 Å². The molecule has 1 aromatic heterocycles. The number of nitrogens with zero attached hydrogens (tertiary/aromatic N) is 1. The third-order valence-electron chi connectivity index (χ3n) is 1.99. The van der Waals surface area contributed by atoms with Crippen LogP contribution in [0.1, 0.15) is 5.69 Å². The molecule has 0 aliphatic carbocycles. The minimum absolute atomic E-state index is 0.337. The Morgan fingerprint density at radius 1 is 1.36 bits per heavy atom. The standard InChI is InChI=1S/C10H8ClFN2/c11-9-3-6(12)4-10-8(9)2-1-7(5-13)14-10/h1-4H,5,13H2. The number of halogens is 2. The topological polar surface area (TPSA) is 38.9 Å². The third kappa shape index (κ3) is 1.56. The molecular weight excluding hydrogens is 203 g/mol. The smallest absolute Gasteiger partial charge is 0.126 e. The van der Waals surface area contributed by atoms with Crippen LogP contribution in [0.25, 0.3) is 10.9 Å². The molecule has 4 heteroatoms. The first kappa shape index (κ1) is 9.37. The van der Waals surface area contributed by atoms with Crippen LogP contribution < -0.4 is 5.73 Å². The predicted octanol–water partition coefficient (Wildman–Crippen LogP) is 2.49. The summed E-state index contributed by atoms with van der Waals surface area (Å²) in [6.07, 6.45) is 0. The fraction of sp³-hybridized carbons (Fsp3) is 0.100. The lowest BCUT2D eigenvalue weighted by molar-refractivity contribution is 0.629. The Balaban J connectivity index is 2.75. The summed E-state index contributed by atoms with van der Waals surface area (Å²) in [7, 11) is 0. The molecule has 2 N–H and O–H groups in total. The summed E-state index contributed by atoms with van der Waals surface area (Å²) in [5.74, 6) is -0.385. The van der Waals surface area contributed by atoms with Crippen molar-refractivity contribution in [2.45, 2.75) is 6.54 Å². The van der Waals surface area contributed by atoms with Crippen molar-refractivity contribution in [1.82, 2.24) is 4.98 Å². The lowest BCUT2D eigenvalue weighted by Crippen LogP contribution is -1.99. The Labute approximate surface area is 85.5 Å². The van der Waals surface area contributed by atoms with E-state index in [2.05, 4.69) is 4.98 Å². The van der Waals surface area contributed by atoms with Gasteiger partial charge in [-0.3, -0.25) is 4.98 Å². The average molecular weight is 211 g/mol. The Kier molecular flexibility index (Phi) is 2.35. The molecule has 1 heterocycles. The van der Waals surface area contributed by atoms with E-state index in [0.717, 1.165) is 11.1 Å². The van der Waals surface area contributed by atoms with Crippen molar-refractivity contribution in [2.24, 2.45) is 5.73 Å². The maximum atomic E-state index is 13.0. The zero-order valence-electron chi connectivity index (χ0n) is 7.30. The van der Waals surface area contributed by atoms with Gasteiger partial charge in [-0.2, -0.15) is 0 Å². The van der Waals surface area contributed by atoms with Gasteiger partial charge in [0.15, 0.2) is 0 Å². The Bertz CT molecular complexity index is 485. The summed E-state index contributed by atoms with van der Waals surface area (Å²) < 4.78 is 13.0. The fourth-order valence-electron chi connectivity index (χ4n) is 1.31. The van der Waals surface area contributed by atoms with Crippen molar-refractivity contribution in [1.29, 1.82) is 0 Å². The summed E-state index contributed by atoms with van der Waals surface area (Å²) in [6.45, 7) is 0.337. The second kappa shape index (κ2) is 3.52. The van der Waals surface area contributed by atoms with Gasteiger partial charge in [-0.05, 0) is 18.2 Å². The first-order valence-corrected chi connectivity index (χ1v) is 4.53. The monoisotopic (exact) mass is 210 g/mol. The molecule has 0 saturated heterocycles. The van der Waals surface area contributed by atoms with Crippen molar-refractivity contribution in [3.63, 3.8) is 0 Å². The van der Waals surface area contributed by atoms with E-state index in [9.17, 15) is 4.39 Å². The predicted molar refractivity (Wildman–Crippen MR) is 54.6 cm³/mol. The van der Waals surface area contributed by atoms with E-state index in [4.69, 9.17) is 17.3 Å². The Hall–Kier alpha value is -1.19. The van der Waals surface area contributed by atoms with Crippen LogP contribution in [0.3, 0.4) is 0 Å². The van der Waals surface area contributed by atoms with Gasteiger partial charge in [0, 0.05) is 18.0 Å². The van der Waals surface area contributed by atoms with Crippen LogP contribution in [0.4, 0.5) is 4.39 Å². The molecular formula is C10H8ClFN2. The molecule has 14 heavy (non-hydrogen) atoms. The highest BCUT2D eigenvalue weighted by molar-refractivity contribution is 6.35. The number of hydrogen-bond donors (Lipinski definition) is 1. The third-order valence-corrected chi connectivity index (χ3v) is 2.30. The van der Waals surface area contributed by atoms with Gasteiger partial charge in [0.1, 0.15) is 5.82 Å². The molecule has 0 unspecified atom stereocenters. The summed E-state index contributed by atoms with van der Waals surface area (Å²) in [5, 5.41) is 1.11. The van der Waals surface area contributed by atoms with Crippen LogP contribution in [-0.4, -0.2) is 4.98 Å². The molecule has 1 aromatic carbocycles. The zero-order valence-corrected chi connectivity index (χ0v) is 8.05. The van der Waals surface area contributed by atoms with E-state index in [0.29, 0.717) is 17.1 Å². The number of aromatic nitrogens is 1. The summed E-state index contributed by atoms with van der Waals surface area (Å²) in [6, 6.07) is 6.20. The van der Waals surface area contributed by atoms with Gasteiger partial charge >= 0.3 is 0 Å². The van der Waals surface area contributed by atoms with Crippen molar-refractivity contribution in [2.75, 3.05) is 0 Å². The molecule has 72 valence electrons. The Morgan fingerprint density at radius 2 is 2.14 bits per heavy atom. The minimum Gasteiger partial charge on any atom is -0.325 e. The highest BCUT2D eigenvalue weighted by Gasteiger charge is 2.03. The molecule has 0 radical (unpaired) electrons. The molecule has 2 aromatic rings. The molecule has 2 rings (SSSR count). The van der Waals surface area contributed by atoms with Crippen LogP contribution in [0.2, 0.25) is 5.02 Å². The number of benzene rings is 1. The first-order chi connectivity index (χ1) is 6.70. The highest BCUT2D eigenvalue weighted by atomic mass is 35.5. The Morgan fingerprint density at radius 3 is 2.86 bits per heavy atom. The summed E-state index contributed by atoms with van der Waals surface area (Å²) in [5.41, 5.74) is 6.69. The molecule has 0 fully saturated rings. The van der Waals surface area contributed by atoms with Crippen LogP contribution in [0, 0.1) is 5.82 Å². The molecule has 0 saturated carbocycles. The normalized spacial score (nSPS) is 10.8. The first-order valence-electron chi connectivity index (χ1n) is 4.15. The van der Waals surface area contributed by atoms with Gasteiger partial charge in [-0.1, -0.05) is 11.6 Å². The van der Waals surface area contributed by atoms with Crippen LogP contribution in [0.5, 0.6) is 0 Å². The van der Waals surface area contributed by atoms with E-state index < -0.39 is 0 Å². The fourth-order valence-corrected chi connectivity index (χ4v) is 1.58. The second-order valence-corrected chi connectivity index (χ2v) is 3.37. The van der Waals surface area contributed by atoms with Gasteiger partial charge in [0.2, 0.25) is 0 Å². The van der Waals surface area contributed by atoms with Crippen molar-refractivity contribution in [3.8, 4) is 0 Å². The minimum atomic E-state index is -0.385. The van der Waals surface area contributed by atoms with E-state index in [1.54, 1.807) is 12.1 Å². The molecule has 0 aliphatic heterocycles. The van der Waals surface area contributed by atoms with E-state index >= 15 is 0 Å². The second-order valence-electron chi connectivity index (χ2n) is 2.96. The quantitative estimate of drug-likeness (QED) is 0.786. The number of fused-ring (bicyclic) bond motifs is 1. The van der Waals surface area contributed by atoms with Gasteiger partial charge in [-0.25, -0.2) is 4.39 Å². The zero-order chi connectivity index (χ0) is 10.1. The summed E-state index contributed by atoms with van der Waals surface area (Å²) >= 11 is 5.85. The van der Waals surface area contributed by atoms with Crippen LogP contribution in [-0.2, 0) is 6.54 Å². The van der Waals surface area contributed by atoms with E-state index in [-0.39, 0.29) is 5.82 Å². The number of pyridine rings is 1. The van der Waals surface area contributed by atoms with Crippen molar-refractivity contribution >= 4 is 22.5 Å². The SMILES string of the molecule is NCc1ccc2c(Cl)cc(F)cc2n1. The van der Waals surface area contributed by atoms with Crippen molar-refractivity contribution < 1.29 is 4.39 Å². The molecule has 2 nitrogen and oxygen atoms in total. The summed E-state index contributed by atoms with van der Waals surface area (Å²) in [4.78, 5) is 4.17. The lowest BCUT2D eigenvalue weighted by atomic mass is 10.2. The van der Waals surface area contributed by atoms with E-state index in [1.807, 2.05) is 0 Å². The maximum absolute atomic E-state index is 13.0. The molecule has 0 spiro atoms. The molecule has 0 atom stereocenters. The molecule has 0 amide bonds. The number of hydrogen-bond acceptors (Lipinski definition) is 2. The molecule has 0 bridgehead atoms. The van der Waals surface area contributed by atoms with Crippen LogP contribution >= 0.6 is 11.6 Å².